The maximum absolute atomic E-state index is 12.6. The molecular formula is C17H14F3N5O2S. The van der Waals surface area contributed by atoms with Gasteiger partial charge in [-0.3, -0.25) is 10.1 Å². The summed E-state index contributed by atoms with van der Waals surface area (Å²) in [6.45, 7) is 0. The van der Waals surface area contributed by atoms with E-state index < -0.39 is 23.7 Å². The summed E-state index contributed by atoms with van der Waals surface area (Å²) in [6, 6.07) is 6.90. The second-order valence-corrected chi connectivity index (χ2v) is 6.71. The highest BCUT2D eigenvalue weighted by Crippen LogP contribution is 2.29. The minimum absolute atomic E-state index is 0.0662. The van der Waals surface area contributed by atoms with Gasteiger partial charge in [0, 0.05) is 17.0 Å². The normalized spacial score (nSPS) is 11.2. The Hall–Kier alpha value is -3.34. The zero-order valence-electron chi connectivity index (χ0n) is 14.1. The van der Waals surface area contributed by atoms with Gasteiger partial charge in [-0.2, -0.15) is 13.2 Å². The summed E-state index contributed by atoms with van der Waals surface area (Å²) in [7, 11) is 0. The molecule has 146 valence electrons. The number of hydrogen-bond acceptors (Lipinski definition) is 4. The van der Waals surface area contributed by atoms with Crippen LogP contribution in [0.4, 0.5) is 29.5 Å². The lowest BCUT2D eigenvalue weighted by Crippen LogP contribution is -2.22. The first-order valence-electron chi connectivity index (χ1n) is 7.88. The number of H-pyrrole nitrogens is 1. The van der Waals surface area contributed by atoms with Crippen LogP contribution in [-0.2, 0) is 12.6 Å². The molecule has 0 spiro atoms. The van der Waals surface area contributed by atoms with Crippen molar-refractivity contribution in [1.29, 1.82) is 0 Å². The number of anilines is 2. The summed E-state index contributed by atoms with van der Waals surface area (Å²) >= 11 is 1.50. The molecule has 0 bridgehead atoms. The number of imidazole rings is 1. The van der Waals surface area contributed by atoms with Gasteiger partial charge in [-0.15, -0.1) is 11.3 Å². The first-order valence-corrected chi connectivity index (χ1v) is 8.76. The fourth-order valence-corrected chi connectivity index (χ4v) is 3.07. The Morgan fingerprint density at radius 3 is 2.43 bits per heavy atom. The lowest BCUT2D eigenvalue weighted by atomic mass is 10.2. The van der Waals surface area contributed by atoms with Gasteiger partial charge >= 0.3 is 12.2 Å². The highest BCUT2D eigenvalue weighted by atomic mass is 32.1. The number of carbonyl (C=O) groups excluding carboxylic acids is 2. The van der Waals surface area contributed by atoms with Crippen molar-refractivity contribution in [1.82, 2.24) is 9.97 Å². The van der Waals surface area contributed by atoms with E-state index in [-0.39, 0.29) is 17.2 Å². The molecule has 0 aliphatic carbocycles. The fraction of sp³-hybridized carbons (Fsp3) is 0.118. The second-order valence-electron chi connectivity index (χ2n) is 5.68. The molecule has 0 aliphatic rings. The van der Waals surface area contributed by atoms with Crippen molar-refractivity contribution in [3.63, 3.8) is 0 Å². The average molecular weight is 409 g/mol. The molecule has 0 radical (unpaired) electrons. The van der Waals surface area contributed by atoms with Crippen LogP contribution in [-0.4, -0.2) is 21.9 Å². The van der Waals surface area contributed by atoms with E-state index in [9.17, 15) is 22.8 Å². The fourth-order valence-electron chi connectivity index (χ4n) is 2.37. The van der Waals surface area contributed by atoms with Crippen LogP contribution in [0.25, 0.3) is 0 Å². The van der Waals surface area contributed by atoms with Gasteiger partial charge < -0.3 is 16.0 Å². The number of thiophene rings is 1. The molecule has 0 aliphatic heterocycles. The summed E-state index contributed by atoms with van der Waals surface area (Å²) in [5.41, 5.74) is 4.53. The smallest absolute Gasteiger partial charge is 0.364 e. The molecule has 0 saturated carbocycles. The number of nitrogens with zero attached hydrogens (tertiary/aromatic N) is 1. The zero-order valence-corrected chi connectivity index (χ0v) is 14.9. The zero-order chi connectivity index (χ0) is 20.3. The van der Waals surface area contributed by atoms with Gasteiger partial charge in [-0.05, 0) is 35.7 Å². The van der Waals surface area contributed by atoms with Gasteiger partial charge in [-0.25, -0.2) is 9.78 Å². The Bertz CT molecular complexity index is 981. The van der Waals surface area contributed by atoms with E-state index in [1.165, 1.54) is 11.3 Å². The average Bonchev–Trinajstić information content (AvgIpc) is 3.25. The third-order valence-corrected chi connectivity index (χ3v) is 4.50. The maximum atomic E-state index is 12.6. The van der Waals surface area contributed by atoms with Gasteiger partial charge in [0.05, 0.1) is 5.56 Å². The molecule has 7 nitrogen and oxygen atoms in total. The van der Waals surface area contributed by atoms with Crippen molar-refractivity contribution in [3.8, 4) is 0 Å². The van der Waals surface area contributed by atoms with Crippen LogP contribution in [0, 0.1) is 0 Å². The number of carbonyl (C=O) groups is 2. The number of rotatable bonds is 5. The molecule has 3 amide bonds. The van der Waals surface area contributed by atoms with Crippen molar-refractivity contribution in [2.45, 2.75) is 12.6 Å². The molecule has 0 fully saturated rings. The minimum Gasteiger partial charge on any atom is -0.364 e. The van der Waals surface area contributed by atoms with Crippen molar-refractivity contribution in [2.75, 3.05) is 10.6 Å². The second kappa shape index (κ2) is 7.72. The quantitative estimate of drug-likeness (QED) is 0.514. The Labute approximate surface area is 160 Å². The van der Waals surface area contributed by atoms with Crippen molar-refractivity contribution >= 4 is 34.8 Å². The molecule has 3 rings (SSSR count). The predicted molar refractivity (Wildman–Crippen MR) is 98.3 cm³/mol. The molecule has 1 aromatic carbocycles. The third-order valence-electron chi connectivity index (χ3n) is 3.62. The summed E-state index contributed by atoms with van der Waals surface area (Å²) < 4.78 is 37.7. The number of urea groups is 1. The highest BCUT2D eigenvalue weighted by Gasteiger charge is 2.30. The Morgan fingerprint density at radius 2 is 1.86 bits per heavy atom. The lowest BCUT2D eigenvalue weighted by Gasteiger charge is -2.09. The predicted octanol–water partition coefficient (Wildman–Crippen LogP) is 3.82. The first-order chi connectivity index (χ1) is 13.2. The molecule has 0 saturated heterocycles. The van der Waals surface area contributed by atoms with E-state index >= 15 is 0 Å². The van der Waals surface area contributed by atoms with Crippen LogP contribution in [0.5, 0.6) is 0 Å². The van der Waals surface area contributed by atoms with Gasteiger partial charge in [0.2, 0.25) is 0 Å². The third kappa shape index (κ3) is 4.68. The number of amides is 3. The van der Waals surface area contributed by atoms with Gasteiger partial charge in [-0.1, -0.05) is 6.07 Å². The molecule has 3 aromatic rings. The van der Waals surface area contributed by atoms with Crippen LogP contribution in [0.15, 0.2) is 41.8 Å². The topological polar surface area (TPSA) is 113 Å². The minimum atomic E-state index is -4.47. The van der Waals surface area contributed by atoms with Gasteiger partial charge in [0.25, 0.3) is 5.91 Å². The number of aromatic nitrogens is 2. The van der Waals surface area contributed by atoms with Gasteiger partial charge in [0.1, 0.15) is 11.5 Å². The molecule has 2 aromatic heterocycles. The summed E-state index contributed by atoms with van der Waals surface area (Å²) in [5, 5.41) is 6.63. The standard InChI is InChI=1S/C17H14F3N5O2S/c18-17(19,20)9-3-5-10(6-4-9)22-16(27)25-15-13(14(21)26)23-12(24-15)8-11-2-1-7-28-11/h1-7H,8H2,(H2,21,26)(H,23,24)(H2,22,25,27). The molecule has 0 unspecified atom stereocenters. The van der Waals surface area contributed by atoms with E-state index in [4.69, 9.17) is 5.73 Å². The number of nitrogens with two attached hydrogens (primary N) is 1. The number of benzene rings is 1. The molecule has 2 heterocycles. The number of hydrogen-bond donors (Lipinski definition) is 4. The SMILES string of the molecule is NC(=O)c1[nH]c(Cc2cccs2)nc1NC(=O)Nc1ccc(C(F)(F)F)cc1. The largest absolute Gasteiger partial charge is 0.416 e. The van der Waals surface area contributed by atoms with E-state index in [0.717, 1.165) is 29.1 Å². The number of halogens is 3. The molecule has 28 heavy (non-hydrogen) atoms. The summed E-state index contributed by atoms with van der Waals surface area (Å²) in [6.07, 6.45) is -4.05. The monoisotopic (exact) mass is 409 g/mol. The van der Waals surface area contributed by atoms with Crippen LogP contribution < -0.4 is 16.4 Å². The van der Waals surface area contributed by atoms with Gasteiger partial charge in [0.15, 0.2) is 5.82 Å². The molecule has 0 atom stereocenters. The van der Waals surface area contributed by atoms with Crippen LogP contribution in [0.2, 0.25) is 0 Å². The van der Waals surface area contributed by atoms with Crippen molar-refractivity contribution < 1.29 is 22.8 Å². The number of primary amides is 1. The number of nitrogens with one attached hydrogen (secondary N) is 3. The van der Waals surface area contributed by atoms with E-state index in [1.807, 2.05) is 17.5 Å². The van der Waals surface area contributed by atoms with Crippen LogP contribution >= 0.6 is 11.3 Å². The Morgan fingerprint density at radius 1 is 1.14 bits per heavy atom. The van der Waals surface area contributed by atoms with Crippen LogP contribution in [0.3, 0.4) is 0 Å². The molecular weight excluding hydrogens is 395 g/mol. The van der Waals surface area contributed by atoms with Crippen molar-refractivity contribution in [2.24, 2.45) is 5.73 Å². The van der Waals surface area contributed by atoms with E-state index in [1.54, 1.807) is 0 Å². The summed E-state index contributed by atoms with van der Waals surface area (Å²) in [5.74, 6) is -0.445. The number of aromatic amines is 1. The molecule has 11 heteroatoms. The Balaban J connectivity index is 1.70. The number of alkyl halides is 3. The van der Waals surface area contributed by atoms with E-state index in [2.05, 4.69) is 20.6 Å². The van der Waals surface area contributed by atoms with Crippen molar-refractivity contribution in [3.05, 3.63) is 63.7 Å². The maximum Gasteiger partial charge on any atom is 0.416 e. The van der Waals surface area contributed by atoms with Crippen LogP contribution in [0.1, 0.15) is 26.8 Å². The van der Waals surface area contributed by atoms with E-state index in [0.29, 0.717) is 12.2 Å². The Kier molecular flexibility index (Phi) is 5.36. The molecule has 5 N–H and O–H groups in total. The lowest BCUT2D eigenvalue weighted by molar-refractivity contribution is -0.137. The summed E-state index contributed by atoms with van der Waals surface area (Å²) in [4.78, 5) is 31.6. The highest BCUT2D eigenvalue weighted by molar-refractivity contribution is 7.09. The first kappa shape index (κ1) is 19.4.